The summed E-state index contributed by atoms with van der Waals surface area (Å²) in [5.41, 5.74) is 6.74. The van der Waals surface area contributed by atoms with Gasteiger partial charge in [-0.15, -0.1) is 11.3 Å². The van der Waals surface area contributed by atoms with Crippen LogP contribution in [0.15, 0.2) is 101 Å². The maximum Gasteiger partial charge on any atom is 0.303 e. The number of nitrogens with zero attached hydrogens (tertiary/aromatic N) is 1. The summed E-state index contributed by atoms with van der Waals surface area (Å²) < 4.78 is 15.6. The van der Waals surface area contributed by atoms with E-state index >= 15 is 0 Å². The fourth-order valence-corrected chi connectivity index (χ4v) is 8.05. The Bertz CT molecular complexity index is 1830. The van der Waals surface area contributed by atoms with Crippen LogP contribution in [0.5, 0.6) is 0 Å². The molecule has 1 fully saturated rings. The van der Waals surface area contributed by atoms with Crippen LogP contribution in [-0.4, -0.2) is 38.9 Å². The number of hydrogen-bond acceptors (Lipinski definition) is 8. The number of benzene rings is 4. The second-order valence-electron chi connectivity index (χ2n) is 11.9. The Kier molecular flexibility index (Phi) is 11.2. The van der Waals surface area contributed by atoms with Crippen LogP contribution < -0.4 is 5.32 Å². The van der Waals surface area contributed by atoms with Gasteiger partial charge in [0.05, 0.1) is 29.0 Å². The average molecular weight is 683 g/mol. The molecule has 1 aromatic heterocycles. The Morgan fingerprint density at radius 3 is 2.42 bits per heavy atom. The molecule has 248 valence electrons. The first kappa shape index (κ1) is 33.8. The van der Waals surface area contributed by atoms with Crippen molar-refractivity contribution in [2.45, 2.75) is 62.2 Å². The molecular weight excluding hydrogens is 645 g/mol. The molecule has 4 aromatic carbocycles. The largest absolute Gasteiger partial charge is 0.481 e. The predicted molar refractivity (Wildman–Crippen MR) is 189 cm³/mol. The van der Waals surface area contributed by atoms with Gasteiger partial charge in [0.1, 0.15) is 0 Å². The highest BCUT2D eigenvalue weighted by Gasteiger charge is 2.38. The van der Waals surface area contributed by atoms with Crippen molar-refractivity contribution in [1.29, 1.82) is 0 Å². The first-order valence-electron chi connectivity index (χ1n) is 16.0. The van der Waals surface area contributed by atoms with Crippen molar-refractivity contribution < 1.29 is 29.3 Å². The van der Waals surface area contributed by atoms with Crippen molar-refractivity contribution in [3.05, 3.63) is 119 Å². The van der Waals surface area contributed by atoms with Gasteiger partial charge in [-0.1, -0.05) is 91.5 Å². The van der Waals surface area contributed by atoms with Crippen molar-refractivity contribution in [3.8, 4) is 11.1 Å². The molecule has 5 aromatic rings. The molecule has 8 nitrogen and oxygen atoms in total. The maximum absolute atomic E-state index is 12.2. The highest BCUT2D eigenvalue weighted by atomic mass is 32.2. The molecule has 1 amide bonds. The second kappa shape index (κ2) is 15.9. The highest BCUT2D eigenvalue weighted by Crippen LogP contribution is 2.44. The lowest BCUT2D eigenvalue weighted by Crippen LogP contribution is -2.38. The van der Waals surface area contributed by atoms with E-state index in [-0.39, 0.29) is 43.5 Å². The highest BCUT2D eigenvalue weighted by molar-refractivity contribution is 8.01. The van der Waals surface area contributed by atoms with Gasteiger partial charge in [-0.3, -0.25) is 9.59 Å². The third kappa shape index (κ3) is 8.50. The Morgan fingerprint density at radius 2 is 1.65 bits per heavy atom. The fraction of sp³-hybridized carbons (Fsp3) is 0.289. The molecule has 1 aliphatic heterocycles. The summed E-state index contributed by atoms with van der Waals surface area (Å²) in [7, 11) is 0. The molecule has 48 heavy (non-hydrogen) atoms. The van der Waals surface area contributed by atoms with E-state index in [2.05, 4.69) is 24.4 Å². The van der Waals surface area contributed by atoms with Crippen molar-refractivity contribution in [2.24, 2.45) is 5.92 Å². The Hall–Kier alpha value is -4.06. The molecule has 0 saturated carbocycles. The number of aliphatic hydroxyl groups excluding tert-OH is 1. The van der Waals surface area contributed by atoms with Gasteiger partial charge in [0.25, 0.3) is 0 Å². The van der Waals surface area contributed by atoms with Crippen LogP contribution in [0, 0.1) is 5.92 Å². The number of ether oxygens (including phenoxy) is 2. The minimum Gasteiger partial charge on any atom is -0.481 e. The number of thiazole rings is 1. The van der Waals surface area contributed by atoms with Gasteiger partial charge < -0.3 is 25.0 Å². The summed E-state index contributed by atoms with van der Waals surface area (Å²) in [4.78, 5) is 27.8. The predicted octanol–water partition coefficient (Wildman–Crippen LogP) is 7.91. The minimum absolute atomic E-state index is 0.0122. The van der Waals surface area contributed by atoms with Crippen molar-refractivity contribution in [1.82, 2.24) is 10.3 Å². The van der Waals surface area contributed by atoms with Crippen LogP contribution in [-0.2, 0) is 32.2 Å². The summed E-state index contributed by atoms with van der Waals surface area (Å²) in [6, 6.07) is 32.3. The number of aliphatic carboxylic acids is 1. The van der Waals surface area contributed by atoms with Crippen LogP contribution in [0.1, 0.15) is 60.8 Å². The summed E-state index contributed by atoms with van der Waals surface area (Å²) in [6.45, 7) is 2.51. The van der Waals surface area contributed by atoms with Gasteiger partial charge in [0.2, 0.25) is 5.91 Å². The third-order valence-electron chi connectivity index (χ3n) is 8.47. The normalized spacial score (nSPS) is 19.3. The lowest BCUT2D eigenvalue weighted by atomic mass is 9.91. The number of amides is 1. The van der Waals surface area contributed by atoms with Gasteiger partial charge in [-0.2, -0.15) is 0 Å². The molecule has 1 aliphatic rings. The van der Waals surface area contributed by atoms with E-state index in [1.54, 1.807) is 23.1 Å². The fourth-order valence-electron chi connectivity index (χ4n) is 5.79. The minimum atomic E-state index is -0.901. The number of hydrogen-bond donors (Lipinski definition) is 3. The molecule has 0 spiro atoms. The number of carbonyl (C=O) groups is 2. The van der Waals surface area contributed by atoms with Gasteiger partial charge >= 0.3 is 5.97 Å². The SMILES string of the molecule is C[C@@H]1[C@H](CSc2nc3ccccc3s2)O[C@H](c2cccc(-c3cccc(CNC(=O)CCCC(=O)O)c3)c2)O[C@@H]1c1ccc(CO)cc1. The molecule has 10 heteroatoms. The molecule has 6 rings (SSSR count). The zero-order chi connectivity index (χ0) is 33.5. The smallest absolute Gasteiger partial charge is 0.303 e. The van der Waals surface area contributed by atoms with Crippen molar-refractivity contribution >= 4 is 45.2 Å². The molecule has 3 N–H and O–H groups in total. The van der Waals surface area contributed by atoms with Gasteiger partial charge in [0, 0.05) is 36.6 Å². The first-order valence-corrected chi connectivity index (χ1v) is 17.8. The monoisotopic (exact) mass is 682 g/mol. The van der Waals surface area contributed by atoms with E-state index in [1.807, 2.05) is 84.9 Å². The quantitative estimate of drug-likeness (QED) is 0.107. The van der Waals surface area contributed by atoms with E-state index < -0.39 is 12.3 Å². The summed E-state index contributed by atoms with van der Waals surface area (Å²) in [5, 5.41) is 21.3. The van der Waals surface area contributed by atoms with Crippen molar-refractivity contribution in [3.63, 3.8) is 0 Å². The Morgan fingerprint density at radius 1 is 0.875 bits per heavy atom. The standard InChI is InChI=1S/C38H38N2O6S2/c1-24-32(23-47-38-40-31-11-2-3-12-33(31)48-38)45-37(46-36(24)27-17-15-25(22-41)16-18-27)30-10-5-9-29(20-30)28-8-4-7-26(19-28)21-39-34(42)13-6-14-35(43)44/h2-5,7-12,15-20,24,32,36-37,41H,6,13-14,21-23H2,1H3,(H,39,42)(H,43,44)/t24-,32+,36+,37+/m1/s1. The van der Waals surface area contributed by atoms with Gasteiger partial charge in [-0.05, 0) is 58.5 Å². The molecule has 4 atom stereocenters. The van der Waals surface area contributed by atoms with Crippen LogP contribution in [0.2, 0.25) is 0 Å². The number of aromatic nitrogens is 1. The molecule has 2 heterocycles. The molecule has 0 radical (unpaired) electrons. The summed E-state index contributed by atoms with van der Waals surface area (Å²) in [6.07, 6.45) is -0.461. The van der Waals surface area contributed by atoms with Crippen LogP contribution in [0.25, 0.3) is 21.3 Å². The lowest BCUT2D eigenvalue weighted by molar-refractivity contribution is -0.268. The van der Waals surface area contributed by atoms with E-state index in [9.17, 15) is 14.7 Å². The number of carboxylic acids is 1. The summed E-state index contributed by atoms with van der Waals surface area (Å²) >= 11 is 3.40. The number of thioether (sulfide) groups is 1. The van der Waals surface area contributed by atoms with E-state index in [1.165, 1.54) is 4.70 Å². The number of carboxylic acid groups (broad SMARTS) is 1. The molecule has 0 unspecified atom stereocenters. The third-order valence-corrected chi connectivity index (χ3v) is 10.7. The number of nitrogens with one attached hydrogen (secondary N) is 1. The maximum atomic E-state index is 12.2. The van der Waals surface area contributed by atoms with E-state index in [0.29, 0.717) is 13.0 Å². The molecule has 1 saturated heterocycles. The van der Waals surface area contributed by atoms with Gasteiger partial charge in [-0.25, -0.2) is 4.98 Å². The number of fused-ring (bicyclic) bond motifs is 1. The summed E-state index contributed by atoms with van der Waals surface area (Å²) in [5.74, 6) is -0.291. The zero-order valence-electron chi connectivity index (χ0n) is 26.6. The topological polar surface area (TPSA) is 118 Å². The lowest BCUT2D eigenvalue weighted by Gasteiger charge is -2.41. The second-order valence-corrected chi connectivity index (χ2v) is 14.2. The Labute approximate surface area is 288 Å². The first-order chi connectivity index (χ1) is 23.4. The van der Waals surface area contributed by atoms with Crippen molar-refractivity contribution in [2.75, 3.05) is 5.75 Å². The zero-order valence-corrected chi connectivity index (χ0v) is 28.2. The molecule has 0 bridgehead atoms. The number of para-hydroxylation sites is 1. The van der Waals surface area contributed by atoms with Crippen LogP contribution >= 0.6 is 23.1 Å². The number of aliphatic hydroxyl groups is 1. The van der Waals surface area contributed by atoms with E-state index in [0.717, 1.165) is 49.0 Å². The molecular formula is C38H38N2O6S2. The van der Waals surface area contributed by atoms with Crippen LogP contribution in [0.3, 0.4) is 0 Å². The number of rotatable bonds is 13. The van der Waals surface area contributed by atoms with E-state index in [4.69, 9.17) is 19.6 Å². The molecule has 0 aliphatic carbocycles. The average Bonchev–Trinajstić information content (AvgIpc) is 3.53. The van der Waals surface area contributed by atoms with Gasteiger partial charge in [0.15, 0.2) is 10.6 Å². The van der Waals surface area contributed by atoms with Crippen LogP contribution in [0.4, 0.5) is 0 Å². The number of carbonyl (C=O) groups excluding carboxylic acids is 1. The Balaban J connectivity index is 1.20.